The minimum Gasteiger partial charge on any atom is -0.412 e. The Kier molecular flexibility index (Phi) is 48.1. The van der Waals surface area contributed by atoms with Gasteiger partial charge in [0.2, 0.25) is 0 Å². The predicted octanol–water partition coefficient (Wildman–Crippen LogP) is -0.473. The van der Waals surface area contributed by atoms with Crippen molar-refractivity contribution in [2.75, 3.05) is 0 Å². The van der Waals surface area contributed by atoms with Gasteiger partial charge in [0, 0.05) is 0 Å². The second-order valence-corrected chi connectivity index (χ2v) is 3.67. The Hall–Kier alpha value is 0.463. The van der Waals surface area contributed by atoms with Crippen molar-refractivity contribution in [3.05, 3.63) is 0 Å². The summed E-state index contributed by atoms with van der Waals surface area (Å²) in [6.07, 6.45) is 0. The van der Waals surface area contributed by atoms with Crippen LogP contribution in [0.1, 0.15) is 6.92 Å². The van der Waals surface area contributed by atoms with Crippen molar-refractivity contribution in [2.45, 2.75) is 17.9 Å². The summed E-state index contributed by atoms with van der Waals surface area (Å²) in [6, 6.07) is 0. The van der Waals surface area contributed by atoms with E-state index < -0.39 is 0 Å². The molecule has 0 bridgehead atoms. The molecule has 0 aromatic carbocycles. The first-order chi connectivity index (χ1) is 1.91. The maximum Gasteiger partial charge on any atom is -0.412 e. The zero-order valence-electron chi connectivity index (χ0n) is 4.21. The van der Waals surface area contributed by atoms with E-state index in [0.29, 0.717) is 15.4 Å². The van der Waals surface area contributed by atoms with E-state index in [0.717, 1.165) is 0 Å². The van der Waals surface area contributed by atoms with Gasteiger partial charge in [-0.05, 0) is 0 Å². The second kappa shape index (κ2) is 17.9. The Morgan fingerprint density at radius 2 is 1.50 bits per heavy atom. The summed E-state index contributed by atoms with van der Waals surface area (Å²) in [5.74, 6) is 2.31. The fourth-order valence-corrected chi connectivity index (χ4v) is 0. The van der Waals surface area contributed by atoms with E-state index in [2.05, 4.69) is 12.7 Å². The average molecular weight is 153 g/mol. The molecule has 0 aliphatic carbocycles. The van der Waals surface area contributed by atoms with Crippen LogP contribution >= 0.6 is 0 Å². The molecule has 0 spiro atoms. The quantitative estimate of drug-likeness (QED) is 0.456. The summed E-state index contributed by atoms with van der Waals surface area (Å²) in [6.45, 7) is 2.24. The van der Waals surface area contributed by atoms with Crippen LogP contribution in [0.3, 0.4) is 0 Å². The molecule has 0 unspecified atom stereocenters. The molecule has 0 aromatic heterocycles. The van der Waals surface area contributed by atoms with Crippen molar-refractivity contribution in [3.8, 4) is 0 Å². The van der Waals surface area contributed by atoms with Crippen molar-refractivity contribution < 1.29 is 11.0 Å². The SMILES string of the molecule is C[CH2][Ge][CH3].O.O. The molecule has 0 amide bonds. The minimum absolute atomic E-state index is 0. The molecule has 2 radical (unpaired) electrons. The van der Waals surface area contributed by atoms with Gasteiger partial charge in [0.1, 0.15) is 0 Å². The summed E-state index contributed by atoms with van der Waals surface area (Å²) in [7, 11) is 0. The van der Waals surface area contributed by atoms with Crippen LogP contribution in [0, 0.1) is 0 Å². The van der Waals surface area contributed by atoms with Crippen LogP contribution in [0.2, 0.25) is 11.0 Å². The summed E-state index contributed by atoms with van der Waals surface area (Å²) in [5, 5.41) is 1.44. The third kappa shape index (κ3) is 25.0. The van der Waals surface area contributed by atoms with Crippen molar-refractivity contribution in [3.63, 3.8) is 0 Å². The normalized spacial score (nSPS) is 5.00. The zero-order chi connectivity index (χ0) is 3.41. The second-order valence-electron chi connectivity index (χ2n) is 0.707. The molecule has 4 N–H and O–H groups in total. The van der Waals surface area contributed by atoms with Crippen molar-refractivity contribution >= 4 is 15.4 Å². The maximum absolute atomic E-state index is 2.31. The maximum atomic E-state index is 2.31. The third-order valence-electron chi connectivity index (χ3n) is 0.354. The molecule has 40 valence electrons. The summed E-state index contributed by atoms with van der Waals surface area (Å²) >= 11 is 0.514. The molecular weight excluding hydrogens is 141 g/mol. The molecular formula is C3H12GeO2. The van der Waals surface area contributed by atoms with Gasteiger partial charge in [0.15, 0.2) is 0 Å². The van der Waals surface area contributed by atoms with Gasteiger partial charge in [-0.15, -0.1) is 0 Å². The fraction of sp³-hybridized carbons (Fsp3) is 1.00. The first-order valence-corrected chi connectivity index (χ1v) is 5.14. The number of hydrogen-bond donors (Lipinski definition) is 0. The zero-order valence-corrected chi connectivity index (χ0v) is 6.31. The van der Waals surface area contributed by atoms with Crippen LogP contribution < -0.4 is 0 Å². The molecule has 0 saturated carbocycles. The molecule has 0 saturated heterocycles. The van der Waals surface area contributed by atoms with Crippen molar-refractivity contribution in [2.24, 2.45) is 0 Å². The van der Waals surface area contributed by atoms with Gasteiger partial charge < -0.3 is 11.0 Å². The van der Waals surface area contributed by atoms with Crippen LogP contribution in [0.15, 0.2) is 0 Å². The summed E-state index contributed by atoms with van der Waals surface area (Å²) in [4.78, 5) is 0. The molecule has 0 fully saturated rings. The Labute approximate surface area is 45.0 Å². The van der Waals surface area contributed by atoms with Gasteiger partial charge in [0.25, 0.3) is 0 Å². The third-order valence-corrected chi connectivity index (χ3v) is 1.84. The van der Waals surface area contributed by atoms with Crippen LogP contribution in [-0.4, -0.2) is 26.4 Å². The topological polar surface area (TPSA) is 63.0 Å². The predicted molar refractivity (Wildman–Crippen MR) is 29.3 cm³/mol. The molecule has 0 aliphatic heterocycles. The summed E-state index contributed by atoms with van der Waals surface area (Å²) in [5.41, 5.74) is 0. The van der Waals surface area contributed by atoms with Gasteiger partial charge >= 0.3 is 33.4 Å². The van der Waals surface area contributed by atoms with E-state index in [-0.39, 0.29) is 11.0 Å². The van der Waals surface area contributed by atoms with Gasteiger partial charge in [-0.3, -0.25) is 0 Å². The molecule has 6 heavy (non-hydrogen) atoms. The summed E-state index contributed by atoms with van der Waals surface area (Å²) < 4.78 is 0. The smallest absolute Gasteiger partial charge is 0.412 e. The van der Waals surface area contributed by atoms with Crippen molar-refractivity contribution in [1.29, 1.82) is 0 Å². The van der Waals surface area contributed by atoms with Crippen LogP contribution in [0.5, 0.6) is 0 Å². The Morgan fingerprint density at radius 3 is 1.50 bits per heavy atom. The minimum atomic E-state index is 0. The van der Waals surface area contributed by atoms with Crippen LogP contribution in [-0.2, 0) is 0 Å². The van der Waals surface area contributed by atoms with E-state index >= 15 is 0 Å². The molecule has 0 rings (SSSR count). The van der Waals surface area contributed by atoms with Gasteiger partial charge in [-0.2, -0.15) is 0 Å². The van der Waals surface area contributed by atoms with Gasteiger partial charge in [0.05, 0.1) is 0 Å². The Bertz CT molecular complexity index is 10.8. The first-order valence-electron chi connectivity index (χ1n) is 1.56. The molecule has 0 aromatic rings. The average Bonchev–Trinajstić information content (AvgIpc) is 1.37. The standard InChI is InChI=1S/C3H8Ge.2H2O/c1-3-4-2;;/h3H2,1-2H3;2*1H2. The fourth-order valence-electron chi connectivity index (χ4n) is 0. The van der Waals surface area contributed by atoms with E-state index in [1.807, 2.05) is 0 Å². The van der Waals surface area contributed by atoms with E-state index in [1.165, 1.54) is 5.25 Å². The monoisotopic (exact) mass is 154 g/mol. The van der Waals surface area contributed by atoms with E-state index in [4.69, 9.17) is 0 Å². The molecule has 2 nitrogen and oxygen atoms in total. The van der Waals surface area contributed by atoms with E-state index in [1.54, 1.807) is 0 Å². The molecule has 0 atom stereocenters. The van der Waals surface area contributed by atoms with Gasteiger partial charge in [-0.25, -0.2) is 0 Å². The van der Waals surface area contributed by atoms with Gasteiger partial charge in [-0.1, -0.05) is 0 Å². The van der Waals surface area contributed by atoms with Crippen LogP contribution in [0.25, 0.3) is 0 Å². The number of rotatable bonds is 1. The first kappa shape index (κ1) is 16.1. The number of hydrogen-bond acceptors (Lipinski definition) is 0. The van der Waals surface area contributed by atoms with E-state index in [9.17, 15) is 0 Å². The Morgan fingerprint density at radius 1 is 1.33 bits per heavy atom. The molecule has 0 aliphatic rings. The van der Waals surface area contributed by atoms with Crippen molar-refractivity contribution in [1.82, 2.24) is 0 Å². The molecule has 3 heteroatoms. The largest absolute Gasteiger partial charge is 0.412 e. The Balaban J connectivity index is -0.0000000450. The molecule has 0 heterocycles. The van der Waals surface area contributed by atoms with Crippen LogP contribution in [0.4, 0.5) is 0 Å².